The summed E-state index contributed by atoms with van der Waals surface area (Å²) >= 11 is 0. The van der Waals surface area contributed by atoms with Crippen LogP contribution in [0, 0.1) is 0 Å². The van der Waals surface area contributed by atoms with Crippen molar-refractivity contribution >= 4 is 0 Å². The minimum absolute atomic E-state index is 0.464. The van der Waals surface area contributed by atoms with Crippen LogP contribution >= 0.6 is 0 Å². The van der Waals surface area contributed by atoms with Crippen LogP contribution in [0.15, 0.2) is 30.3 Å². The quantitative estimate of drug-likeness (QED) is 0.726. The zero-order chi connectivity index (χ0) is 10.1. The maximum Gasteiger partial charge on any atom is 0.0342 e. The summed E-state index contributed by atoms with van der Waals surface area (Å²) in [5.74, 6) is 0. The molecule has 2 N–H and O–H groups in total. The molecule has 1 aromatic carbocycles. The summed E-state index contributed by atoms with van der Waals surface area (Å²) in [6, 6.07) is 11.4. The van der Waals surface area contributed by atoms with E-state index in [9.17, 15) is 0 Å². The molecule has 2 aliphatic rings. The van der Waals surface area contributed by atoms with Crippen LogP contribution in [-0.2, 0) is 0 Å². The van der Waals surface area contributed by atoms with Crippen LogP contribution < -0.4 is 10.6 Å². The van der Waals surface area contributed by atoms with Crippen molar-refractivity contribution in [1.82, 2.24) is 10.6 Å². The molecular formula is C13H18N2. The molecular weight excluding hydrogens is 184 g/mol. The van der Waals surface area contributed by atoms with Gasteiger partial charge in [0.05, 0.1) is 0 Å². The monoisotopic (exact) mass is 202 g/mol. The van der Waals surface area contributed by atoms with Crippen molar-refractivity contribution in [3.8, 4) is 0 Å². The van der Waals surface area contributed by atoms with E-state index in [4.69, 9.17) is 0 Å². The average Bonchev–Trinajstić information content (AvgIpc) is 2.28. The molecule has 1 unspecified atom stereocenters. The van der Waals surface area contributed by atoms with Crippen LogP contribution in [0.2, 0.25) is 0 Å². The number of benzene rings is 1. The highest BCUT2D eigenvalue weighted by atomic mass is 15.1. The summed E-state index contributed by atoms with van der Waals surface area (Å²) in [6.07, 6.45) is 3.89. The predicted molar refractivity (Wildman–Crippen MR) is 61.8 cm³/mol. The number of piperidine rings is 1. The van der Waals surface area contributed by atoms with Crippen LogP contribution in [0.4, 0.5) is 0 Å². The molecule has 15 heavy (non-hydrogen) atoms. The van der Waals surface area contributed by atoms with E-state index < -0.39 is 0 Å². The normalized spacial score (nSPS) is 28.7. The summed E-state index contributed by atoms with van der Waals surface area (Å²) in [5.41, 5.74) is 1.91. The van der Waals surface area contributed by atoms with Gasteiger partial charge in [0.25, 0.3) is 0 Å². The molecule has 0 bridgehead atoms. The fourth-order valence-electron chi connectivity index (χ4n) is 2.88. The molecule has 0 saturated carbocycles. The van der Waals surface area contributed by atoms with Crippen molar-refractivity contribution in [3.63, 3.8) is 0 Å². The van der Waals surface area contributed by atoms with Crippen molar-refractivity contribution in [2.75, 3.05) is 13.1 Å². The Bertz CT molecular complexity index is 320. The molecule has 0 aliphatic carbocycles. The lowest BCUT2D eigenvalue weighted by molar-refractivity contribution is 0.0962. The number of nitrogens with one attached hydrogen (secondary N) is 2. The van der Waals surface area contributed by atoms with E-state index in [0.29, 0.717) is 11.6 Å². The van der Waals surface area contributed by atoms with Crippen LogP contribution in [0.3, 0.4) is 0 Å². The van der Waals surface area contributed by atoms with Gasteiger partial charge in [-0.2, -0.15) is 0 Å². The molecule has 2 heteroatoms. The van der Waals surface area contributed by atoms with Crippen molar-refractivity contribution in [2.24, 2.45) is 0 Å². The minimum atomic E-state index is 0.464. The molecule has 2 aliphatic heterocycles. The van der Waals surface area contributed by atoms with Gasteiger partial charge in [-0.1, -0.05) is 30.3 Å². The first kappa shape index (κ1) is 9.37. The predicted octanol–water partition coefficient (Wildman–Crippen LogP) is 1.84. The Morgan fingerprint density at radius 3 is 2.40 bits per heavy atom. The largest absolute Gasteiger partial charge is 0.317 e. The van der Waals surface area contributed by atoms with Crippen LogP contribution in [0.25, 0.3) is 0 Å². The summed E-state index contributed by atoms with van der Waals surface area (Å²) < 4.78 is 0. The highest BCUT2D eigenvalue weighted by Crippen LogP contribution is 2.40. The van der Waals surface area contributed by atoms with Gasteiger partial charge in [-0.25, -0.2) is 0 Å². The molecule has 80 valence electrons. The van der Waals surface area contributed by atoms with Crippen LogP contribution in [0.1, 0.15) is 30.9 Å². The first-order valence-electron chi connectivity index (χ1n) is 5.91. The van der Waals surface area contributed by atoms with E-state index >= 15 is 0 Å². The van der Waals surface area contributed by atoms with Crippen molar-refractivity contribution in [3.05, 3.63) is 35.9 Å². The number of hydrogen-bond donors (Lipinski definition) is 2. The topological polar surface area (TPSA) is 24.1 Å². The first-order chi connectivity index (χ1) is 7.38. The fourth-order valence-corrected chi connectivity index (χ4v) is 2.88. The van der Waals surface area contributed by atoms with Crippen LogP contribution in [-0.4, -0.2) is 18.6 Å². The molecule has 0 aromatic heterocycles. The van der Waals surface area contributed by atoms with Gasteiger partial charge in [0.2, 0.25) is 0 Å². The minimum Gasteiger partial charge on any atom is -0.317 e. The standard InChI is InChI=1S/C13H18N2/c1-2-4-11(5-3-1)12-10-13(15-12)6-8-14-9-7-13/h1-5,12,14-15H,6-10H2. The number of hydrogen-bond acceptors (Lipinski definition) is 2. The summed E-state index contributed by atoms with van der Waals surface area (Å²) in [5, 5.41) is 7.19. The molecule has 1 atom stereocenters. The van der Waals surface area contributed by atoms with E-state index in [1.165, 1.54) is 37.9 Å². The molecule has 2 saturated heterocycles. The second kappa shape index (κ2) is 3.62. The first-order valence-corrected chi connectivity index (χ1v) is 5.91. The average molecular weight is 202 g/mol. The zero-order valence-electron chi connectivity index (χ0n) is 9.00. The van der Waals surface area contributed by atoms with E-state index in [1.807, 2.05) is 0 Å². The van der Waals surface area contributed by atoms with Crippen molar-refractivity contribution in [1.29, 1.82) is 0 Å². The molecule has 0 amide bonds. The third-order valence-corrected chi connectivity index (χ3v) is 3.84. The Hall–Kier alpha value is -0.860. The lowest BCUT2D eigenvalue weighted by Crippen LogP contribution is -2.62. The molecule has 1 aromatic rings. The van der Waals surface area contributed by atoms with Gasteiger partial charge in [-0.3, -0.25) is 0 Å². The van der Waals surface area contributed by atoms with Gasteiger partial charge in [-0.15, -0.1) is 0 Å². The third kappa shape index (κ3) is 1.68. The molecule has 2 heterocycles. The van der Waals surface area contributed by atoms with E-state index in [2.05, 4.69) is 41.0 Å². The summed E-state index contributed by atoms with van der Waals surface area (Å²) in [4.78, 5) is 0. The third-order valence-electron chi connectivity index (χ3n) is 3.84. The molecule has 2 fully saturated rings. The Labute approximate surface area is 91.1 Å². The van der Waals surface area contributed by atoms with E-state index in [1.54, 1.807) is 0 Å². The van der Waals surface area contributed by atoms with E-state index in [-0.39, 0.29) is 0 Å². The van der Waals surface area contributed by atoms with Gasteiger partial charge in [-0.05, 0) is 37.9 Å². The van der Waals surface area contributed by atoms with Gasteiger partial charge >= 0.3 is 0 Å². The van der Waals surface area contributed by atoms with Gasteiger partial charge < -0.3 is 10.6 Å². The molecule has 2 nitrogen and oxygen atoms in total. The zero-order valence-corrected chi connectivity index (χ0v) is 9.00. The lowest BCUT2D eigenvalue weighted by Gasteiger charge is -2.52. The fraction of sp³-hybridized carbons (Fsp3) is 0.538. The maximum absolute atomic E-state index is 3.77. The van der Waals surface area contributed by atoms with E-state index in [0.717, 1.165) is 0 Å². The van der Waals surface area contributed by atoms with Gasteiger partial charge in [0.1, 0.15) is 0 Å². The maximum atomic E-state index is 3.77. The molecule has 0 radical (unpaired) electrons. The second-order valence-electron chi connectivity index (χ2n) is 4.84. The molecule has 3 rings (SSSR count). The second-order valence-corrected chi connectivity index (χ2v) is 4.84. The Morgan fingerprint density at radius 1 is 1.07 bits per heavy atom. The van der Waals surface area contributed by atoms with Gasteiger partial charge in [0, 0.05) is 11.6 Å². The SMILES string of the molecule is c1ccc(C2CC3(CCNCC3)N2)cc1. The smallest absolute Gasteiger partial charge is 0.0342 e. The highest BCUT2D eigenvalue weighted by molar-refractivity contribution is 5.24. The Kier molecular flexibility index (Phi) is 2.26. The summed E-state index contributed by atoms with van der Waals surface area (Å²) in [6.45, 7) is 2.35. The summed E-state index contributed by atoms with van der Waals surface area (Å²) in [7, 11) is 0. The lowest BCUT2D eigenvalue weighted by atomic mass is 9.73. The Morgan fingerprint density at radius 2 is 1.73 bits per heavy atom. The van der Waals surface area contributed by atoms with Gasteiger partial charge in [0.15, 0.2) is 0 Å². The van der Waals surface area contributed by atoms with Crippen molar-refractivity contribution in [2.45, 2.75) is 30.8 Å². The highest BCUT2D eigenvalue weighted by Gasteiger charge is 2.44. The number of rotatable bonds is 1. The molecule has 1 spiro atoms. The van der Waals surface area contributed by atoms with Crippen molar-refractivity contribution < 1.29 is 0 Å². The van der Waals surface area contributed by atoms with Crippen LogP contribution in [0.5, 0.6) is 0 Å². The Balaban J connectivity index is 1.66.